The van der Waals surface area contributed by atoms with Gasteiger partial charge in [0.25, 0.3) is 0 Å². The summed E-state index contributed by atoms with van der Waals surface area (Å²) in [6.07, 6.45) is 2.52. The van der Waals surface area contributed by atoms with Gasteiger partial charge in [0.05, 0.1) is 0 Å². The molecule has 0 amide bonds. The van der Waals surface area contributed by atoms with Crippen molar-refractivity contribution in [3.05, 3.63) is 6.54 Å². The molecular formula is C8H18N. The van der Waals surface area contributed by atoms with Crippen LogP contribution >= 0.6 is 0 Å². The van der Waals surface area contributed by atoms with Gasteiger partial charge in [0, 0.05) is 6.54 Å². The summed E-state index contributed by atoms with van der Waals surface area (Å²) in [5.41, 5.74) is 0. The molecule has 1 heteroatoms. The zero-order valence-corrected chi connectivity index (χ0v) is 7.02. The second-order valence-electron chi connectivity index (χ2n) is 3.12. The fraction of sp³-hybridized carbons (Fsp3) is 0.875. The Hall–Kier alpha value is -0.0400. The molecule has 0 N–H and O–H groups in total. The van der Waals surface area contributed by atoms with Crippen LogP contribution in [0, 0.1) is 12.5 Å². The van der Waals surface area contributed by atoms with Crippen LogP contribution < -0.4 is 0 Å². The van der Waals surface area contributed by atoms with Gasteiger partial charge < -0.3 is 4.90 Å². The van der Waals surface area contributed by atoms with Gasteiger partial charge in [-0.3, -0.25) is 0 Å². The maximum absolute atomic E-state index is 2.25. The average Bonchev–Trinajstić information content (AvgIpc) is 1.63. The average molecular weight is 128 g/mol. The molecule has 0 aliphatic rings. The quantitative estimate of drug-likeness (QED) is 0.560. The SMILES string of the molecule is CC(C)CC[CH]N(C)C. The van der Waals surface area contributed by atoms with Gasteiger partial charge >= 0.3 is 0 Å². The van der Waals surface area contributed by atoms with Crippen molar-refractivity contribution in [2.75, 3.05) is 14.1 Å². The third kappa shape index (κ3) is 7.96. The first-order chi connectivity index (χ1) is 4.13. The monoisotopic (exact) mass is 128 g/mol. The molecule has 0 aromatic carbocycles. The molecule has 0 atom stereocenters. The summed E-state index contributed by atoms with van der Waals surface area (Å²) in [6.45, 7) is 6.73. The van der Waals surface area contributed by atoms with Gasteiger partial charge in [-0.1, -0.05) is 13.8 Å². The van der Waals surface area contributed by atoms with E-state index in [9.17, 15) is 0 Å². The van der Waals surface area contributed by atoms with Gasteiger partial charge in [0.1, 0.15) is 0 Å². The number of hydrogen-bond acceptors (Lipinski definition) is 1. The molecule has 0 rings (SSSR count). The third-order valence-electron chi connectivity index (χ3n) is 1.24. The first-order valence-corrected chi connectivity index (χ1v) is 3.62. The Morgan fingerprint density at radius 2 is 1.89 bits per heavy atom. The van der Waals surface area contributed by atoms with Gasteiger partial charge in [0.2, 0.25) is 0 Å². The zero-order valence-electron chi connectivity index (χ0n) is 7.02. The van der Waals surface area contributed by atoms with Gasteiger partial charge in [-0.25, -0.2) is 0 Å². The molecule has 1 nitrogen and oxygen atoms in total. The van der Waals surface area contributed by atoms with Crippen LogP contribution in [-0.4, -0.2) is 19.0 Å². The van der Waals surface area contributed by atoms with Crippen LogP contribution in [-0.2, 0) is 0 Å². The molecule has 0 spiro atoms. The molecule has 0 aromatic heterocycles. The summed E-state index contributed by atoms with van der Waals surface area (Å²) in [5, 5.41) is 0. The topological polar surface area (TPSA) is 3.24 Å². The summed E-state index contributed by atoms with van der Waals surface area (Å²) < 4.78 is 0. The zero-order chi connectivity index (χ0) is 7.28. The molecule has 0 heterocycles. The van der Waals surface area contributed by atoms with Crippen LogP contribution in [0.15, 0.2) is 0 Å². The molecule has 0 saturated carbocycles. The van der Waals surface area contributed by atoms with E-state index < -0.39 is 0 Å². The van der Waals surface area contributed by atoms with Crippen LogP contribution in [0.1, 0.15) is 26.7 Å². The molecule has 0 saturated heterocycles. The Kier molecular flexibility index (Phi) is 4.78. The van der Waals surface area contributed by atoms with E-state index in [1.807, 2.05) is 0 Å². The Morgan fingerprint density at radius 3 is 2.22 bits per heavy atom. The van der Waals surface area contributed by atoms with E-state index >= 15 is 0 Å². The first kappa shape index (κ1) is 8.96. The van der Waals surface area contributed by atoms with E-state index in [1.54, 1.807) is 0 Å². The van der Waals surface area contributed by atoms with E-state index in [4.69, 9.17) is 0 Å². The Morgan fingerprint density at radius 1 is 1.33 bits per heavy atom. The van der Waals surface area contributed by atoms with Gasteiger partial charge in [-0.2, -0.15) is 0 Å². The van der Waals surface area contributed by atoms with E-state index in [1.165, 1.54) is 12.8 Å². The van der Waals surface area contributed by atoms with Gasteiger partial charge in [-0.05, 0) is 32.9 Å². The van der Waals surface area contributed by atoms with E-state index in [2.05, 4.69) is 39.4 Å². The smallest absolute Gasteiger partial charge is 0.0245 e. The highest BCUT2D eigenvalue weighted by Crippen LogP contribution is 2.05. The highest BCUT2D eigenvalue weighted by atomic mass is 15.0. The molecule has 0 aromatic rings. The molecule has 1 radical (unpaired) electrons. The van der Waals surface area contributed by atoms with E-state index in [-0.39, 0.29) is 0 Å². The minimum absolute atomic E-state index is 0.834. The molecule has 0 fully saturated rings. The number of nitrogens with zero attached hydrogens (tertiary/aromatic N) is 1. The normalized spacial score (nSPS) is 11.3. The fourth-order valence-corrected chi connectivity index (χ4v) is 0.666. The standard InChI is InChI=1S/C8H18N/c1-8(2)6-5-7-9(3)4/h7-8H,5-6H2,1-4H3. The van der Waals surface area contributed by atoms with Gasteiger partial charge in [0.15, 0.2) is 0 Å². The van der Waals surface area contributed by atoms with Crippen LogP contribution in [0.5, 0.6) is 0 Å². The van der Waals surface area contributed by atoms with Crippen molar-refractivity contribution in [1.82, 2.24) is 4.90 Å². The maximum Gasteiger partial charge on any atom is 0.0245 e. The predicted octanol–water partition coefficient (Wildman–Crippen LogP) is 2.15. The second kappa shape index (κ2) is 4.80. The van der Waals surface area contributed by atoms with Crippen LogP contribution in [0.2, 0.25) is 0 Å². The third-order valence-corrected chi connectivity index (χ3v) is 1.24. The summed E-state index contributed by atoms with van der Waals surface area (Å²) >= 11 is 0. The lowest BCUT2D eigenvalue weighted by atomic mass is 10.1. The predicted molar refractivity (Wildman–Crippen MR) is 42.1 cm³/mol. The Labute approximate surface area is 59.1 Å². The summed E-state index contributed by atoms with van der Waals surface area (Å²) in [5.74, 6) is 0.834. The minimum Gasteiger partial charge on any atom is -0.305 e. The van der Waals surface area contributed by atoms with E-state index in [0.717, 1.165) is 5.92 Å². The Bertz CT molecular complexity index is 49.6. The molecule has 0 bridgehead atoms. The van der Waals surface area contributed by atoms with Crippen molar-refractivity contribution in [3.8, 4) is 0 Å². The lowest BCUT2D eigenvalue weighted by molar-refractivity contribution is 0.448. The molecule has 0 aliphatic heterocycles. The molecule has 0 unspecified atom stereocenters. The second-order valence-corrected chi connectivity index (χ2v) is 3.12. The van der Waals surface area contributed by atoms with Crippen molar-refractivity contribution >= 4 is 0 Å². The lowest BCUT2D eigenvalue weighted by Crippen LogP contribution is -2.07. The fourth-order valence-electron chi connectivity index (χ4n) is 0.666. The summed E-state index contributed by atoms with van der Waals surface area (Å²) in [6, 6.07) is 0. The maximum atomic E-state index is 2.25. The van der Waals surface area contributed by atoms with E-state index in [0.29, 0.717) is 0 Å². The highest BCUT2D eigenvalue weighted by molar-refractivity contribution is 4.60. The van der Waals surface area contributed by atoms with Crippen molar-refractivity contribution < 1.29 is 0 Å². The van der Waals surface area contributed by atoms with Crippen LogP contribution in [0.3, 0.4) is 0 Å². The first-order valence-electron chi connectivity index (χ1n) is 3.62. The molecule has 0 aliphatic carbocycles. The van der Waals surface area contributed by atoms with Crippen molar-refractivity contribution in [1.29, 1.82) is 0 Å². The number of hydrogen-bond donors (Lipinski definition) is 0. The number of rotatable bonds is 4. The molecular weight excluding hydrogens is 110 g/mol. The summed E-state index contributed by atoms with van der Waals surface area (Å²) in [7, 11) is 4.14. The highest BCUT2D eigenvalue weighted by Gasteiger charge is 1.94. The minimum atomic E-state index is 0.834. The van der Waals surface area contributed by atoms with Crippen LogP contribution in [0.4, 0.5) is 0 Å². The lowest BCUT2D eigenvalue weighted by Gasteiger charge is -2.09. The van der Waals surface area contributed by atoms with Gasteiger partial charge in [-0.15, -0.1) is 0 Å². The van der Waals surface area contributed by atoms with Crippen molar-refractivity contribution in [2.24, 2.45) is 5.92 Å². The van der Waals surface area contributed by atoms with Crippen molar-refractivity contribution in [2.45, 2.75) is 26.7 Å². The summed E-state index contributed by atoms with van der Waals surface area (Å²) in [4.78, 5) is 2.11. The molecule has 9 heavy (non-hydrogen) atoms. The largest absolute Gasteiger partial charge is 0.305 e. The molecule has 55 valence electrons. The Balaban J connectivity index is 2.91. The van der Waals surface area contributed by atoms with Crippen LogP contribution in [0.25, 0.3) is 0 Å². The van der Waals surface area contributed by atoms with Crippen molar-refractivity contribution in [3.63, 3.8) is 0 Å².